The lowest BCUT2D eigenvalue weighted by molar-refractivity contribution is 0.338. The molecule has 0 atom stereocenters. The standard InChI is InChI=1S/C13H20ClN3O2S2/c1-4-10(5-2)9-16(6-3)21(18,19)12-11(14)15-13-17(12)7-8-20-13/h7-8,10H,4-6,9H2,1-3H3. The summed E-state index contributed by atoms with van der Waals surface area (Å²) in [7, 11) is -3.64. The summed E-state index contributed by atoms with van der Waals surface area (Å²) >= 11 is 7.43. The Morgan fingerprint density at radius 3 is 2.62 bits per heavy atom. The normalized spacial score (nSPS) is 12.9. The molecule has 2 rings (SSSR count). The molecular formula is C13H20ClN3O2S2. The molecule has 0 aliphatic heterocycles. The van der Waals surface area contributed by atoms with Crippen molar-refractivity contribution >= 4 is 37.9 Å². The molecule has 0 saturated heterocycles. The molecule has 0 bridgehead atoms. The number of fused-ring (bicyclic) bond motifs is 1. The Labute approximate surface area is 134 Å². The van der Waals surface area contributed by atoms with Crippen molar-refractivity contribution in [3.05, 3.63) is 16.7 Å². The van der Waals surface area contributed by atoms with E-state index in [-0.39, 0.29) is 10.2 Å². The Morgan fingerprint density at radius 2 is 2.05 bits per heavy atom. The van der Waals surface area contributed by atoms with Crippen molar-refractivity contribution in [1.29, 1.82) is 0 Å². The molecule has 0 radical (unpaired) electrons. The third-order valence-electron chi connectivity index (χ3n) is 3.73. The van der Waals surface area contributed by atoms with Crippen molar-refractivity contribution in [2.75, 3.05) is 13.1 Å². The highest BCUT2D eigenvalue weighted by atomic mass is 35.5. The van der Waals surface area contributed by atoms with Gasteiger partial charge < -0.3 is 0 Å². The van der Waals surface area contributed by atoms with Crippen LogP contribution < -0.4 is 0 Å². The summed E-state index contributed by atoms with van der Waals surface area (Å²) in [6.45, 7) is 6.95. The highest BCUT2D eigenvalue weighted by Gasteiger charge is 2.31. The largest absolute Gasteiger partial charge is 0.279 e. The maximum absolute atomic E-state index is 12.9. The number of imidazole rings is 1. The summed E-state index contributed by atoms with van der Waals surface area (Å²) in [6.07, 6.45) is 3.60. The molecule has 2 aromatic heterocycles. The van der Waals surface area contributed by atoms with Gasteiger partial charge in [-0.25, -0.2) is 13.4 Å². The van der Waals surface area contributed by atoms with Crippen LogP contribution in [0.3, 0.4) is 0 Å². The van der Waals surface area contributed by atoms with E-state index in [0.29, 0.717) is 24.0 Å². The second kappa shape index (κ2) is 6.64. The molecule has 118 valence electrons. The van der Waals surface area contributed by atoms with Crippen LogP contribution in [-0.2, 0) is 10.0 Å². The van der Waals surface area contributed by atoms with Crippen LogP contribution in [0.2, 0.25) is 5.15 Å². The van der Waals surface area contributed by atoms with Gasteiger partial charge in [-0.3, -0.25) is 4.40 Å². The van der Waals surface area contributed by atoms with Gasteiger partial charge in [0.1, 0.15) is 0 Å². The van der Waals surface area contributed by atoms with Gasteiger partial charge in [0.2, 0.25) is 0 Å². The van der Waals surface area contributed by atoms with Gasteiger partial charge in [0.15, 0.2) is 15.1 Å². The summed E-state index contributed by atoms with van der Waals surface area (Å²) in [5.41, 5.74) is 0. The van der Waals surface area contributed by atoms with E-state index in [1.54, 1.807) is 16.0 Å². The molecule has 8 heteroatoms. The number of hydrogen-bond donors (Lipinski definition) is 0. The monoisotopic (exact) mass is 349 g/mol. The van der Waals surface area contributed by atoms with Gasteiger partial charge >= 0.3 is 0 Å². The predicted octanol–water partition coefficient (Wildman–Crippen LogP) is 3.50. The van der Waals surface area contributed by atoms with Crippen LogP contribution in [0.15, 0.2) is 16.6 Å². The minimum absolute atomic E-state index is 0.0462. The van der Waals surface area contributed by atoms with E-state index < -0.39 is 10.0 Å². The van der Waals surface area contributed by atoms with Crippen LogP contribution in [0, 0.1) is 5.92 Å². The van der Waals surface area contributed by atoms with Crippen molar-refractivity contribution < 1.29 is 8.42 Å². The third kappa shape index (κ3) is 3.11. The van der Waals surface area contributed by atoms with Crippen LogP contribution in [0.1, 0.15) is 33.6 Å². The molecule has 5 nitrogen and oxygen atoms in total. The molecule has 0 saturated carbocycles. The van der Waals surface area contributed by atoms with Crippen LogP contribution in [-0.4, -0.2) is 35.2 Å². The average Bonchev–Trinajstić information content (AvgIpc) is 2.99. The van der Waals surface area contributed by atoms with Crippen molar-refractivity contribution in [2.24, 2.45) is 5.92 Å². The highest BCUT2D eigenvalue weighted by Crippen LogP contribution is 2.28. The Kier molecular flexibility index (Phi) is 5.29. The van der Waals surface area contributed by atoms with Crippen molar-refractivity contribution in [3.8, 4) is 0 Å². The SMILES string of the molecule is CCC(CC)CN(CC)S(=O)(=O)c1c(Cl)nc2sccn12. The highest BCUT2D eigenvalue weighted by molar-refractivity contribution is 7.89. The van der Waals surface area contributed by atoms with Crippen LogP contribution >= 0.6 is 22.9 Å². The molecule has 21 heavy (non-hydrogen) atoms. The Hall–Kier alpha value is -0.630. The zero-order valence-electron chi connectivity index (χ0n) is 12.4. The maximum atomic E-state index is 12.9. The molecule has 0 N–H and O–H groups in total. The van der Waals surface area contributed by atoms with Gasteiger partial charge in [0.05, 0.1) is 0 Å². The Balaban J connectivity index is 2.43. The van der Waals surface area contributed by atoms with Gasteiger partial charge in [-0.2, -0.15) is 4.31 Å². The molecule has 0 spiro atoms. The lowest BCUT2D eigenvalue weighted by Gasteiger charge is -2.24. The molecule has 2 heterocycles. The molecule has 0 aliphatic carbocycles. The topological polar surface area (TPSA) is 54.7 Å². The first-order valence-electron chi connectivity index (χ1n) is 7.06. The van der Waals surface area contributed by atoms with E-state index in [9.17, 15) is 8.42 Å². The van der Waals surface area contributed by atoms with Crippen LogP contribution in [0.5, 0.6) is 0 Å². The van der Waals surface area contributed by atoms with Crippen molar-refractivity contribution in [2.45, 2.75) is 38.6 Å². The second-order valence-corrected chi connectivity index (χ2v) is 7.99. The molecule has 0 fully saturated rings. The fourth-order valence-electron chi connectivity index (χ4n) is 2.32. The lowest BCUT2D eigenvalue weighted by Crippen LogP contribution is -2.35. The maximum Gasteiger partial charge on any atom is 0.262 e. The first-order chi connectivity index (χ1) is 9.95. The Morgan fingerprint density at radius 1 is 1.38 bits per heavy atom. The predicted molar refractivity (Wildman–Crippen MR) is 86.6 cm³/mol. The van der Waals surface area contributed by atoms with E-state index in [4.69, 9.17) is 11.6 Å². The van der Waals surface area contributed by atoms with Crippen LogP contribution in [0.25, 0.3) is 4.96 Å². The fourth-order valence-corrected chi connectivity index (χ4v) is 5.26. The second-order valence-electron chi connectivity index (χ2n) is 4.90. The number of sulfonamides is 1. The van der Waals surface area contributed by atoms with Gasteiger partial charge in [0, 0.05) is 24.7 Å². The quantitative estimate of drug-likeness (QED) is 0.768. The van der Waals surface area contributed by atoms with Gasteiger partial charge in [-0.1, -0.05) is 45.2 Å². The average molecular weight is 350 g/mol. The van der Waals surface area contributed by atoms with Gasteiger partial charge in [0.25, 0.3) is 10.0 Å². The number of hydrogen-bond acceptors (Lipinski definition) is 4. The number of rotatable bonds is 7. The number of halogens is 1. The van der Waals surface area contributed by atoms with Crippen molar-refractivity contribution in [1.82, 2.24) is 13.7 Å². The zero-order chi connectivity index (χ0) is 15.6. The van der Waals surface area contributed by atoms with E-state index in [0.717, 1.165) is 12.8 Å². The summed E-state index contributed by atoms with van der Waals surface area (Å²) in [5.74, 6) is 0.351. The molecule has 0 amide bonds. The number of thiazole rings is 1. The van der Waals surface area contributed by atoms with E-state index in [2.05, 4.69) is 18.8 Å². The Bertz CT molecular complexity index is 704. The lowest BCUT2D eigenvalue weighted by atomic mass is 10.0. The van der Waals surface area contributed by atoms with Crippen molar-refractivity contribution in [3.63, 3.8) is 0 Å². The zero-order valence-corrected chi connectivity index (χ0v) is 14.8. The molecule has 2 aromatic rings. The summed E-state index contributed by atoms with van der Waals surface area (Å²) < 4.78 is 28.9. The minimum Gasteiger partial charge on any atom is -0.279 e. The first kappa shape index (κ1) is 16.7. The molecular weight excluding hydrogens is 330 g/mol. The van der Waals surface area contributed by atoms with E-state index >= 15 is 0 Å². The third-order valence-corrected chi connectivity index (χ3v) is 6.83. The fraction of sp³-hybridized carbons (Fsp3) is 0.615. The molecule has 0 aliphatic rings. The van der Waals surface area contributed by atoms with Gasteiger partial charge in [-0.05, 0) is 5.92 Å². The van der Waals surface area contributed by atoms with Crippen LogP contribution in [0.4, 0.5) is 0 Å². The van der Waals surface area contributed by atoms with Gasteiger partial charge in [-0.15, -0.1) is 11.3 Å². The van der Waals surface area contributed by atoms with E-state index in [1.165, 1.54) is 15.6 Å². The summed E-state index contributed by atoms with van der Waals surface area (Å²) in [4.78, 5) is 4.71. The minimum atomic E-state index is -3.64. The first-order valence-corrected chi connectivity index (χ1v) is 9.76. The van der Waals surface area contributed by atoms with E-state index in [1.807, 2.05) is 6.92 Å². The number of nitrogens with zero attached hydrogens (tertiary/aromatic N) is 3. The molecule has 0 unspecified atom stereocenters. The number of aromatic nitrogens is 2. The summed E-state index contributed by atoms with van der Waals surface area (Å²) in [5, 5.41) is 1.92. The molecule has 0 aromatic carbocycles. The summed E-state index contributed by atoms with van der Waals surface area (Å²) in [6, 6.07) is 0. The smallest absolute Gasteiger partial charge is 0.262 e.